The van der Waals surface area contributed by atoms with Crippen LogP contribution < -0.4 is 19.7 Å². The number of nitrogens with one attached hydrogen (secondary N) is 1. The maximum atomic E-state index is 13.3. The molecule has 2 heterocycles. The summed E-state index contributed by atoms with van der Waals surface area (Å²) in [5.74, 6) is 1.36. The first kappa shape index (κ1) is 16.2. The van der Waals surface area contributed by atoms with Crippen molar-refractivity contribution >= 4 is 33.2 Å². The number of carbonyl (C=O) groups is 1. The van der Waals surface area contributed by atoms with E-state index in [1.807, 2.05) is 66.7 Å². The maximum absolute atomic E-state index is 13.3. The minimum atomic E-state index is -0.358. The second kappa shape index (κ2) is 6.32. The lowest BCUT2D eigenvalue weighted by Crippen LogP contribution is -2.43. The van der Waals surface area contributed by atoms with Crippen molar-refractivity contribution in [3.05, 3.63) is 82.3 Å². The topological polar surface area (TPSA) is 50.8 Å². The molecule has 5 nitrogen and oxygen atoms in total. The largest absolute Gasteiger partial charge is 0.454 e. The van der Waals surface area contributed by atoms with Crippen molar-refractivity contribution in [2.45, 2.75) is 6.17 Å². The monoisotopic (exact) mass is 422 g/mol. The molecule has 6 heteroatoms. The minimum absolute atomic E-state index is 0.0469. The highest BCUT2D eigenvalue weighted by Crippen LogP contribution is 2.40. The van der Waals surface area contributed by atoms with Gasteiger partial charge in [-0.2, -0.15) is 0 Å². The Morgan fingerprint density at radius 1 is 0.963 bits per heavy atom. The van der Waals surface area contributed by atoms with Gasteiger partial charge in [0.2, 0.25) is 6.79 Å². The Labute approximate surface area is 164 Å². The van der Waals surface area contributed by atoms with E-state index >= 15 is 0 Å². The first-order chi connectivity index (χ1) is 13.2. The molecule has 3 aromatic carbocycles. The molecule has 0 radical (unpaired) electrons. The van der Waals surface area contributed by atoms with Crippen LogP contribution in [0.4, 0.5) is 11.4 Å². The predicted molar refractivity (Wildman–Crippen MR) is 106 cm³/mol. The van der Waals surface area contributed by atoms with Crippen molar-refractivity contribution in [1.82, 2.24) is 0 Å². The highest BCUT2D eigenvalue weighted by atomic mass is 79.9. The Hall–Kier alpha value is -2.99. The van der Waals surface area contributed by atoms with Gasteiger partial charge in [0.05, 0.1) is 5.56 Å². The van der Waals surface area contributed by atoms with E-state index in [4.69, 9.17) is 9.47 Å². The van der Waals surface area contributed by atoms with Crippen LogP contribution >= 0.6 is 15.9 Å². The zero-order chi connectivity index (χ0) is 18.4. The molecule has 0 bridgehead atoms. The van der Waals surface area contributed by atoms with E-state index in [0.29, 0.717) is 11.3 Å². The van der Waals surface area contributed by atoms with Gasteiger partial charge in [-0.05, 0) is 54.1 Å². The fourth-order valence-electron chi connectivity index (χ4n) is 3.44. The van der Waals surface area contributed by atoms with Crippen LogP contribution in [-0.2, 0) is 0 Å². The van der Waals surface area contributed by atoms with Crippen molar-refractivity contribution in [2.75, 3.05) is 17.0 Å². The van der Waals surface area contributed by atoms with Gasteiger partial charge in [0.1, 0.15) is 6.17 Å². The standard InChI is InChI=1S/C21H15BrN2O3/c22-14-6-8-15(9-7-14)24-20(13-5-10-18-19(11-13)27-12-26-18)23-17-4-2-1-3-16(17)21(24)25/h1-11,20,23H,12H2. The van der Waals surface area contributed by atoms with Gasteiger partial charge in [0.25, 0.3) is 5.91 Å². The van der Waals surface area contributed by atoms with Crippen molar-refractivity contribution in [3.63, 3.8) is 0 Å². The molecule has 0 aliphatic carbocycles. The Kier molecular flexibility index (Phi) is 3.79. The highest BCUT2D eigenvalue weighted by molar-refractivity contribution is 9.10. The molecule has 1 N–H and O–H groups in total. The molecule has 0 spiro atoms. The smallest absolute Gasteiger partial charge is 0.262 e. The van der Waals surface area contributed by atoms with Gasteiger partial charge in [0.15, 0.2) is 11.5 Å². The predicted octanol–water partition coefficient (Wildman–Crippen LogP) is 4.95. The van der Waals surface area contributed by atoms with Crippen molar-refractivity contribution in [3.8, 4) is 11.5 Å². The number of fused-ring (bicyclic) bond motifs is 2. The summed E-state index contributed by atoms with van der Waals surface area (Å²) < 4.78 is 11.9. The number of ether oxygens (including phenoxy) is 2. The van der Waals surface area contributed by atoms with Gasteiger partial charge >= 0.3 is 0 Å². The van der Waals surface area contributed by atoms with Crippen LogP contribution in [-0.4, -0.2) is 12.7 Å². The summed E-state index contributed by atoms with van der Waals surface area (Å²) in [6.45, 7) is 0.217. The number of benzene rings is 3. The maximum Gasteiger partial charge on any atom is 0.262 e. The number of rotatable bonds is 2. The number of nitrogens with zero attached hydrogens (tertiary/aromatic N) is 1. The molecule has 2 aliphatic heterocycles. The summed E-state index contributed by atoms with van der Waals surface area (Å²) in [6.07, 6.45) is -0.358. The quantitative estimate of drug-likeness (QED) is 0.634. The molecule has 27 heavy (non-hydrogen) atoms. The number of para-hydroxylation sites is 1. The van der Waals surface area contributed by atoms with E-state index in [9.17, 15) is 4.79 Å². The van der Waals surface area contributed by atoms with E-state index in [0.717, 1.165) is 27.2 Å². The van der Waals surface area contributed by atoms with E-state index in [1.54, 1.807) is 4.90 Å². The summed E-state index contributed by atoms with van der Waals surface area (Å²) in [6, 6.07) is 21.0. The number of carbonyl (C=O) groups excluding carboxylic acids is 1. The third-order valence-electron chi connectivity index (χ3n) is 4.74. The number of halogens is 1. The molecule has 0 saturated heterocycles. The summed E-state index contributed by atoms with van der Waals surface area (Å²) in [4.78, 5) is 15.1. The number of amides is 1. The van der Waals surface area contributed by atoms with Gasteiger partial charge in [-0.25, -0.2) is 0 Å². The van der Waals surface area contributed by atoms with Crippen molar-refractivity contribution in [2.24, 2.45) is 0 Å². The third-order valence-corrected chi connectivity index (χ3v) is 5.27. The van der Waals surface area contributed by atoms with Crippen molar-refractivity contribution in [1.29, 1.82) is 0 Å². The highest BCUT2D eigenvalue weighted by Gasteiger charge is 2.34. The Balaban J connectivity index is 1.64. The molecular weight excluding hydrogens is 408 g/mol. The van der Waals surface area contributed by atoms with E-state index in [2.05, 4.69) is 21.2 Å². The molecule has 0 saturated carbocycles. The second-order valence-corrected chi connectivity index (χ2v) is 7.27. The zero-order valence-corrected chi connectivity index (χ0v) is 15.8. The molecule has 0 fully saturated rings. The average Bonchev–Trinajstić information content (AvgIpc) is 3.17. The lowest BCUT2D eigenvalue weighted by molar-refractivity contribution is 0.0975. The third kappa shape index (κ3) is 2.73. The molecule has 1 atom stereocenters. The summed E-state index contributed by atoms with van der Waals surface area (Å²) in [5.41, 5.74) is 3.20. The SMILES string of the molecule is O=C1c2ccccc2NC(c2ccc3c(c2)OCO3)N1c1ccc(Br)cc1. The van der Waals surface area contributed by atoms with Crippen LogP contribution in [0.15, 0.2) is 71.2 Å². The van der Waals surface area contributed by atoms with Crippen LogP contribution in [0.25, 0.3) is 0 Å². The first-order valence-corrected chi connectivity index (χ1v) is 9.34. The Bertz CT molecular complexity index is 1040. The van der Waals surface area contributed by atoms with Gasteiger partial charge in [-0.3, -0.25) is 9.69 Å². The lowest BCUT2D eigenvalue weighted by Gasteiger charge is -2.38. The Morgan fingerprint density at radius 3 is 2.59 bits per heavy atom. The lowest BCUT2D eigenvalue weighted by atomic mass is 10.0. The van der Waals surface area contributed by atoms with E-state index in [-0.39, 0.29) is 18.9 Å². The number of hydrogen-bond donors (Lipinski definition) is 1. The van der Waals surface area contributed by atoms with Gasteiger partial charge in [-0.15, -0.1) is 0 Å². The molecule has 5 rings (SSSR count). The van der Waals surface area contributed by atoms with Crippen LogP contribution in [0.3, 0.4) is 0 Å². The fraction of sp³-hybridized carbons (Fsp3) is 0.0952. The van der Waals surface area contributed by atoms with Gasteiger partial charge in [-0.1, -0.05) is 34.1 Å². The van der Waals surface area contributed by atoms with Crippen LogP contribution in [0.1, 0.15) is 22.1 Å². The molecule has 2 aliphatic rings. The van der Waals surface area contributed by atoms with Crippen molar-refractivity contribution < 1.29 is 14.3 Å². The second-order valence-electron chi connectivity index (χ2n) is 6.36. The minimum Gasteiger partial charge on any atom is -0.454 e. The van der Waals surface area contributed by atoms with Crippen LogP contribution in [0, 0.1) is 0 Å². The van der Waals surface area contributed by atoms with Gasteiger partial charge < -0.3 is 14.8 Å². The fourth-order valence-corrected chi connectivity index (χ4v) is 3.70. The van der Waals surface area contributed by atoms with Crippen LogP contribution in [0.5, 0.6) is 11.5 Å². The van der Waals surface area contributed by atoms with E-state index in [1.165, 1.54) is 0 Å². The summed E-state index contributed by atoms with van der Waals surface area (Å²) in [5, 5.41) is 3.50. The number of hydrogen-bond acceptors (Lipinski definition) is 4. The summed E-state index contributed by atoms with van der Waals surface area (Å²) in [7, 11) is 0. The molecule has 1 unspecified atom stereocenters. The van der Waals surface area contributed by atoms with Gasteiger partial charge in [0, 0.05) is 15.8 Å². The molecular formula is C21H15BrN2O3. The molecule has 0 aromatic heterocycles. The number of anilines is 2. The molecule has 1 amide bonds. The normalized spacial score (nSPS) is 17.4. The molecule has 134 valence electrons. The van der Waals surface area contributed by atoms with E-state index < -0.39 is 0 Å². The first-order valence-electron chi connectivity index (χ1n) is 8.55. The summed E-state index contributed by atoms with van der Waals surface area (Å²) >= 11 is 3.45. The average molecular weight is 423 g/mol. The van der Waals surface area contributed by atoms with Crippen LogP contribution in [0.2, 0.25) is 0 Å². The molecule has 3 aromatic rings. The zero-order valence-electron chi connectivity index (χ0n) is 14.2. The Morgan fingerprint density at radius 2 is 1.74 bits per heavy atom.